The Labute approximate surface area is 98.3 Å². The summed E-state index contributed by atoms with van der Waals surface area (Å²) in [6.07, 6.45) is 0. The molecule has 2 aromatic carbocycles. The first-order valence-corrected chi connectivity index (χ1v) is 5.89. The van der Waals surface area contributed by atoms with Gasteiger partial charge in [-0.25, -0.2) is 0 Å². The summed E-state index contributed by atoms with van der Waals surface area (Å²) in [6, 6.07) is 11.4. The average Bonchev–Trinajstić information content (AvgIpc) is 2.15. The number of hydrogen-bond acceptors (Lipinski definition) is 0. The first kappa shape index (κ1) is 11.2. The standard InChI is InChI=1S/C16H20/c1-11-8-12(2)15-7-6-14(16(3,4)5)10-13(15)9-11/h6-10H,1-5H3. The molecular formula is C16H20. The van der Waals surface area contributed by atoms with E-state index in [-0.39, 0.29) is 5.41 Å². The lowest BCUT2D eigenvalue weighted by Crippen LogP contribution is -2.10. The molecule has 0 fully saturated rings. The lowest BCUT2D eigenvalue weighted by Gasteiger charge is -2.20. The van der Waals surface area contributed by atoms with Crippen molar-refractivity contribution < 1.29 is 0 Å². The van der Waals surface area contributed by atoms with Gasteiger partial charge in [0.05, 0.1) is 0 Å². The zero-order chi connectivity index (χ0) is 11.9. The smallest absolute Gasteiger partial charge is 0.0132 e. The predicted octanol–water partition coefficient (Wildman–Crippen LogP) is 4.75. The van der Waals surface area contributed by atoms with Crippen molar-refractivity contribution in [3.8, 4) is 0 Å². The van der Waals surface area contributed by atoms with Crippen molar-refractivity contribution in [1.29, 1.82) is 0 Å². The summed E-state index contributed by atoms with van der Waals surface area (Å²) in [5.74, 6) is 0. The minimum atomic E-state index is 0.228. The second-order valence-electron chi connectivity index (χ2n) is 5.77. The molecule has 0 saturated heterocycles. The van der Waals surface area contributed by atoms with E-state index in [0.717, 1.165) is 0 Å². The largest absolute Gasteiger partial charge is 0.0579 e. The van der Waals surface area contributed by atoms with Crippen LogP contribution in [0.5, 0.6) is 0 Å². The Bertz CT molecular complexity index is 527. The highest BCUT2D eigenvalue weighted by Crippen LogP contribution is 2.28. The summed E-state index contributed by atoms with van der Waals surface area (Å²) in [7, 11) is 0. The van der Waals surface area contributed by atoms with E-state index >= 15 is 0 Å². The van der Waals surface area contributed by atoms with Crippen molar-refractivity contribution in [1.82, 2.24) is 0 Å². The molecule has 0 radical (unpaired) electrons. The Kier molecular flexibility index (Phi) is 2.53. The Hall–Kier alpha value is -1.30. The molecule has 0 unspecified atom stereocenters. The van der Waals surface area contributed by atoms with Gasteiger partial charge < -0.3 is 0 Å². The van der Waals surface area contributed by atoms with Crippen molar-refractivity contribution in [2.24, 2.45) is 0 Å². The van der Waals surface area contributed by atoms with Crippen molar-refractivity contribution in [3.05, 3.63) is 47.0 Å². The molecule has 0 heteroatoms. The van der Waals surface area contributed by atoms with E-state index in [1.54, 1.807) is 0 Å². The maximum absolute atomic E-state index is 2.33. The van der Waals surface area contributed by atoms with E-state index < -0.39 is 0 Å². The fraction of sp³-hybridized carbons (Fsp3) is 0.375. The fourth-order valence-electron chi connectivity index (χ4n) is 2.21. The fourth-order valence-corrected chi connectivity index (χ4v) is 2.21. The maximum atomic E-state index is 2.33. The van der Waals surface area contributed by atoms with Crippen LogP contribution in [-0.2, 0) is 5.41 Å². The van der Waals surface area contributed by atoms with Crippen LogP contribution < -0.4 is 0 Å². The van der Waals surface area contributed by atoms with E-state index in [4.69, 9.17) is 0 Å². The molecule has 0 aliphatic heterocycles. The summed E-state index contributed by atoms with van der Waals surface area (Å²) in [4.78, 5) is 0. The van der Waals surface area contributed by atoms with Gasteiger partial charge in [-0.2, -0.15) is 0 Å². The Morgan fingerprint density at radius 3 is 2.19 bits per heavy atom. The normalized spacial score (nSPS) is 12.1. The highest BCUT2D eigenvalue weighted by atomic mass is 14.2. The van der Waals surface area contributed by atoms with Gasteiger partial charge in [0.25, 0.3) is 0 Å². The minimum Gasteiger partial charge on any atom is -0.0579 e. The van der Waals surface area contributed by atoms with Crippen LogP contribution in [0.15, 0.2) is 30.3 Å². The maximum Gasteiger partial charge on any atom is -0.0132 e. The molecular weight excluding hydrogens is 192 g/mol. The first-order valence-electron chi connectivity index (χ1n) is 5.89. The zero-order valence-electron chi connectivity index (χ0n) is 10.9. The van der Waals surface area contributed by atoms with Crippen LogP contribution >= 0.6 is 0 Å². The number of hydrogen-bond donors (Lipinski definition) is 0. The van der Waals surface area contributed by atoms with Crippen LogP contribution in [0.2, 0.25) is 0 Å². The minimum absolute atomic E-state index is 0.228. The zero-order valence-corrected chi connectivity index (χ0v) is 10.9. The number of rotatable bonds is 0. The van der Waals surface area contributed by atoms with E-state index in [2.05, 4.69) is 65.0 Å². The van der Waals surface area contributed by atoms with Crippen LogP contribution in [0.4, 0.5) is 0 Å². The molecule has 16 heavy (non-hydrogen) atoms. The second kappa shape index (κ2) is 3.62. The second-order valence-corrected chi connectivity index (χ2v) is 5.77. The van der Waals surface area contributed by atoms with Crippen molar-refractivity contribution in [2.75, 3.05) is 0 Å². The molecule has 2 aromatic rings. The summed E-state index contributed by atoms with van der Waals surface area (Å²) >= 11 is 0. The van der Waals surface area contributed by atoms with Gasteiger partial charge >= 0.3 is 0 Å². The topological polar surface area (TPSA) is 0 Å². The van der Waals surface area contributed by atoms with E-state index in [0.29, 0.717) is 0 Å². The van der Waals surface area contributed by atoms with Gasteiger partial charge in [0.1, 0.15) is 0 Å². The molecule has 0 aliphatic carbocycles. The molecule has 0 saturated carbocycles. The van der Waals surface area contributed by atoms with E-state index in [9.17, 15) is 0 Å². The van der Waals surface area contributed by atoms with E-state index in [1.165, 1.54) is 27.5 Å². The number of benzene rings is 2. The quantitative estimate of drug-likeness (QED) is 0.591. The predicted molar refractivity (Wildman–Crippen MR) is 72.1 cm³/mol. The lowest BCUT2D eigenvalue weighted by atomic mass is 9.85. The van der Waals surface area contributed by atoms with Crippen LogP contribution in [0.3, 0.4) is 0 Å². The van der Waals surface area contributed by atoms with Crippen molar-refractivity contribution in [2.45, 2.75) is 40.0 Å². The Morgan fingerprint density at radius 1 is 0.875 bits per heavy atom. The third kappa shape index (κ3) is 1.97. The molecule has 0 aliphatic rings. The monoisotopic (exact) mass is 212 g/mol. The van der Waals surface area contributed by atoms with Crippen molar-refractivity contribution in [3.63, 3.8) is 0 Å². The van der Waals surface area contributed by atoms with Gasteiger partial charge in [-0.05, 0) is 41.2 Å². The average molecular weight is 212 g/mol. The summed E-state index contributed by atoms with van der Waals surface area (Å²) < 4.78 is 0. The highest BCUT2D eigenvalue weighted by molar-refractivity contribution is 5.87. The third-order valence-electron chi connectivity index (χ3n) is 3.17. The summed E-state index contributed by atoms with van der Waals surface area (Å²) in [5.41, 5.74) is 4.35. The van der Waals surface area contributed by atoms with Gasteiger partial charge in [0, 0.05) is 0 Å². The third-order valence-corrected chi connectivity index (χ3v) is 3.17. The lowest BCUT2D eigenvalue weighted by molar-refractivity contribution is 0.591. The van der Waals surface area contributed by atoms with Gasteiger partial charge in [0.15, 0.2) is 0 Å². The molecule has 84 valence electrons. The van der Waals surface area contributed by atoms with E-state index in [1.807, 2.05) is 0 Å². The Balaban J connectivity index is 2.71. The number of fused-ring (bicyclic) bond motifs is 1. The summed E-state index contributed by atoms with van der Waals surface area (Å²) in [5, 5.41) is 2.74. The van der Waals surface area contributed by atoms with Crippen molar-refractivity contribution >= 4 is 10.8 Å². The molecule has 0 aromatic heterocycles. The molecule has 0 amide bonds. The molecule has 0 spiro atoms. The highest BCUT2D eigenvalue weighted by Gasteiger charge is 2.13. The molecule has 0 bridgehead atoms. The van der Waals surface area contributed by atoms with Gasteiger partial charge in [-0.15, -0.1) is 0 Å². The van der Waals surface area contributed by atoms with Crippen LogP contribution in [0, 0.1) is 13.8 Å². The molecule has 2 rings (SSSR count). The van der Waals surface area contributed by atoms with Gasteiger partial charge in [-0.3, -0.25) is 0 Å². The number of aryl methyl sites for hydroxylation is 2. The van der Waals surface area contributed by atoms with Crippen LogP contribution in [-0.4, -0.2) is 0 Å². The molecule has 0 heterocycles. The molecule has 0 atom stereocenters. The Morgan fingerprint density at radius 2 is 1.56 bits per heavy atom. The molecule has 0 nitrogen and oxygen atoms in total. The van der Waals surface area contributed by atoms with Crippen LogP contribution in [0.1, 0.15) is 37.5 Å². The SMILES string of the molecule is Cc1cc(C)c2ccc(C(C)(C)C)cc2c1. The van der Waals surface area contributed by atoms with Crippen LogP contribution in [0.25, 0.3) is 10.8 Å². The first-order chi connectivity index (χ1) is 7.38. The summed E-state index contributed by atoms with van der Waals surface area (Å²) in [6.45, 7) is 11.1. The van der Waals surface area contributed by atoms with Gasteiger partial charge in [0.2, 0.25) is 0 Å². The van der Waals surface area contributed by atoms with Gasteiger partial charge in [-0.1, -0.05) is 56.7 Å². The molecule has 0 N–H and O–H groups in total.